The van der Waals surface area contributed by atoms with E-state index in [1.54, 1.807) is 6.08 Å². The van der Waals surface area contributed by atoms with Crippen LogP contribution in [0.25, 0.3) is 23.0 Å². The van der Waals surface area contributed by atoms with E-state index in [0.29, 0.717) is 29.2 Å². The van der Waals surface area contributed by atoms with Gasteiger partial charge in [0.05, 0.1) is 11.1 Å². The van der Waals surface area contributed by atoms with Crippen LogP contribution in [0.3, 0.4) is 0 Å². The molecule has 0 atom stereocenters. The molecule has 6 nitrogen and oxygen atoms in total. The second kappa shape index (κ2) is 8.85. The maximum absolute atomic E-state index is 12.8. The molecule has 2 aliphatic rings. The van der Waals surface area contributed by atoms with Crippen LogP contribution in [0.15, 0.2) is 65.1 Å². The van der Waals surface area contributed by atoms with E-state index in [0.717, 1.165) is 36.4 Å². The fourth-order valence-corrected chi connectivity index (χ4v) is 4.32. The Bertz CT molecular complexity index is 1190. The van der Waals surface area contributed by atoms with Crippen molar-refractivity contribution in [1.82, 2.24) is 10.2 Å². The molecule has 2 aliphatic heterocycles. The van der Waals surface area contributed by atoms with Gasteiger partial charge in [-0.05, 0) is 56.3 Å². The van der Waals surface area contributed by atoms with Gasteiger partial charge >= 0.3 is 0 Å². The summed E-state index contributed by atoms with van der Waals surface area (Å²) >= 11 is 0. The second-order valence-electron chi connectivity index (χ2n) is 8.11. The molecule has 2 N–H and O–H groups in total. The number of likely N-dealkylation sites (tertiary alicyclic amines) is 1. The number of amides is 2. The molecular formula is C26H25N3O3. The lowest BCUT2D eigenvalue weighted by Gasteiger charge is -2.15. The quantitative estimate of drug-likeness (QED) is 0.577. The average molecular weight is 428 g/mol. The number of anilines is 1. The van der Waals surface area contributed by atoms with Gasteiger partial charge in [-0.3, -0.25) is 9.59 Å². The smallest absolute Gasteiger partial charge is 0.256 e. The van der Waals surface area contributed by atoms with Crippen molar-refractivity contribution in [2.45, 2.75) is 12.8 Å². The molecule has 1 aromatic heterocycles. The number of hydrogen-bond acceptors (Lipinski definition) is 4. The largest absolute Gasteiger partial charge is 0.457 e. The Morgan fingerprint density at radius 2 is 1.75 bits per heavy atom. The van der Waals surface area contributed by atoms with Gasteiger partial charge in [0.15, 0.2) is 0 Å². The number of rotatable bonds is 6. The minimum Gasteiger partial charge on any atom is -0.457 e. The Balaban J connectivity index is 1.34. The summed E-state index contributed by atoms with van der Waals surface area (Å²) in [5, 5.41) is 5.90. The molecule has 0 unspecified atom stereocenters. The molecular weight excluding hydrogens is 402 g/mol. The summed E-state index contributed by atoms with van der Waals surface area (Å²) in [6.45, 7) is 3.71. The Hall–Kier alpha value is -3.64. The molecule has 1 saturated heterocycles. The highest BCUT2D eigenvalue weighted by atomic mass is 16.3. The Morgan fingerprint density at radius 3 is 2.59 bits per heavy atom. The zero-order valence-corrected chi connectivity index (χ0v) is 17.8. The van der Waals surface area contributed by atoms with Gasteiger partial charge in [-0.15, -0.1) is 0 Å². The van der Waals surface area contributed by atoms with Crippen LogP contribution < -0.4 is 10.6 Å². The number of nitrogens with one attached hydrogen (secondary N) is 2. The van der Waals surface area contributed by atoms with Gasteiger partial charge in [-0.2, -0.15) is 0 Å². The second-order valence-corrected chi connectivity index (χ2v) is 8.11. The molecule has 0 spiro atoms. The van der Waals surface area contributed by atoms with Crippen LogP contribution in [0.1, 0.15) is 34.5 Å². The number of fused-ring (bicyclic) bond motifs is 1. The van der Waals surface area contributed by atoms with Gasteiger partial charge in [-0.1, -0.05) is 36.4 Å². The van der Waals surface area contributed by atoms with E-state index in [9.17, 15) is 9.59 Å². The van der Waals surface area contributed by atoms with Crippen molar-refractivity contribution in [3.63, 3.8) is 0 Å². The molecule has 3 aromatic rings. The molecule has 5 rings (SSSR count). The molecule has 162 valence electrons. The zero-order valence-electron chi connectivity index (χ0n) is 17.8. The van der Waals surface area contributed by atoms with Gasteiger partial charge < -0.3 is 20.0 Å². The van der Waals surface area contributed by atoms with Crippen molar-refractivity contribution in [3.8, 4) is 11.3 Å². The van der Waals surface area contributed by atoms with Crippen LogP contribution >= 0.6 is 0 Å². The first kappa shape index (κ1) is 20.3. The molecule has 0 radical (unpaired) electrons. The molecule has 0 bridgehead atoms. The fourth-order valence-electron chi connectivity index (χ4n) is 4.32. The van der Waals surface area contributed by atoms with Crippen molar-refractivity contribution in [1.29, 1.82) is 0 Å². The third-order valence-electron chi connectivity index (χ3n) is 5.97. The Labute approximate surface area is 186 Å². The van der Waals surface area contributed by atoms with Crippen molar-refractivity contribution in [3.05, 3.63) is 77.6 Å². The molecule has 3 heterocycles. The molecule has 32 heavy (non-hydrogen) atoms. The lowest BCUT2D eigenvalue weighted by Crippen LogP contribution is -2.33. The lowest BCUT2D eigenvalue weighted by atomic mass is 10.0. The number of hydrogen-bond donors (Lipinski definition) is 2. The predicted octanol–water partition coefficient (Wildman–Crippen LogP) is 4.26. The highest BCUT2D eigenvalue weighted by molar-refractivity contribution is 6.34. The highest BCUT2D eigenvalue weighted by Gasteiger charge is 2.24. The summed E-state index contributed by atoms with van der Waals surface area (Å²) in [6.07, 6.45) is 4.21. The maximum atomic E-state index is 12.8. The van der Waals surface area contributed by atoms with Gasteiger partial charge in [0.2, 0.25) is 0 Å². The summed E-state index contributed by atoms with van der Waals surface area (Å²) in [6, 6.07) is 18.6. The first-order chi connectivity index (χ1) is 15.7. The fraction of sp³-hybridized carbons (Fsp3) is 0.231. The van der Waals surface area contributed by atoms with E-state index in [2.05, 4.69) is 15.5 Å². The molecule has 2 amide bonds. The van der Waals surface area contributed by atoms with Crippen molar-refractivity contribution in [2.75, 3.05) is 31.5 Å². The number of benzene rings is 2. The van der Waals surface area contributed by atoms with Crippen molar-refractivity contribution in [2.24, 2.45) is 0 Å². The van der Waals surface area contributed by atoms with E-state index in [4.69, 9.17) is 4.42 Å². The van der Waals surface area contributed by atoms with Gasteiger partial charge in [-0.25, -0.2) is 0 Å². The minimum atomic E-state index is -0.151. The number of nitrogens with zero attached hydrogens (tertiary/aromatic N) is 1. The third kappa shape index (κ3) is 4.09. The Morgan fingerprint density at radius 1 is 1.00 bits per heavy atom. The standard InChI is InChI=1S/C26H25N3O3/c30-25(27-13-16-29-14-5-6-15-29)21-9-2-1-8-20(21)24-12-11-18(32-24)17-22-19-7-3-4-10-23(19)28-26(22)31/h1-4,7-12,17H,5-6,13-16H2,(H,27,30)(H,28,31)/b22-17+. The van der Waals surface area contributed by atoms with Crippen molar-refractivity contribution < 1.29 is 14.0 Å². The van der Waals surface area contributed by atoms with Crippen LogP contribution in [-0.4, -0.2) is 42.9 Å². The SMILES string of the molecule is O=C1Nc2ccccc2/C1=C\c1ccc(-c2ccccc2C(=O)NCCN2CCCC2)o1. The van der Waals surface area contributed by atoms with Crippen LogP contribution in [0.2, 0.25) is 0 Å². The summed E-state index contributed by atoms with van der Waals surface area (Å²) in [4.78, 5) is 27.6. The van der Waals surface area contributed by atoms with Crippen LogP contribution in [0, 0.1) is 0 Å². The van der Waals surface area contributed by atoms with E-state index < -0.39 is 0 Å². The number of furan rings is 1. The zero-order chi connectivity index (χ0) is 21.9. The number of carbonyl (C=O) groups is 2. The summed E-state index contributed by atoms with van der Waals surface area (Å²) < 4.78 is 6.03. The maximum Gasteiger partial charge on any atom is 0.256 e. The first-order valence-electron chi connectivity index (χ1n) is 11.0. The van der Waals surface area contributed by atoms with E-state index in [1.807, 2.05) is 60.7 Å². The van der Waals surface area contributed by atoms with Gasteiger partial charge in [0.25, 0.3) is 11.8 Å². The predicted molar refractivity (Wildman–Crippen MR) is 125 cm³/mol. The Kier molecular flexibility index (Phi) is 5.60. The van der Waals surface area contributed by atoms with Gasteiger partial charge in [0, 0.05) is 29.9 Å². The molecule has 0 aliphatic carbocycles. The molecule has 2 aromatic carbocycles. The number of carbonyl (C=O) groups excluding carboxylic acids is 2. The number of para-hydroxylation sites is 1. The van der Waals surface area contributed by atoms with E-state index in [1.165, 1.54) is 12.8 Å². The first-order valence-corrected chi connectivity index (χ1v) is 11.0. The monoisotopic (exact) mass is 427 g/mol. The summed E-state index contributed by atoms with van der Waals surface area (Å²) in [7, 11) is 0. The van der Waals surface area contributed by atoms with E-state index in [-0.39, 0.29) is 11.8 Å². The van der Waals surface area contributed by atoms with Gasteiger partial charge in [0.1, 0.15) is 11.5 Å². The van der Waals surface area contributed by atoms with Crippen LogP contribution in [0.4, 0.5) is 5.69 Å². The topological polar surface area (TPSA) is 74.6 Å². The lowest BCUT2D eigenvalue weighted by molar-refractivity contribution is -0.110. The van der Waals surface area contributed by atoms with Crippen LogP contribution in [0.5, 0.6) is 0 Å². The minimum absolute atomic E-state index is 0.111. The highest BCUT2D eigenvalue weighted by Crippen LogP contribution is 2.34. The normalized spacial score (nSPS) is 16.9. The van der Waals surface area contributed by atoms with Crippen molar-refractivity contribution >= 4 is 29.2 Å². The van der Waals surface area contributed by atoms with Crippen LogP contribution in [-0.2, 0) is 4.79 Å². The third-order valence-corrected chi connectivity index (χ3v) is 5.97. The summed E-state index contributed by atoms with van der Waals surface area (Å²) in [5.74, 6) is 0.891. The summed E-state index contributed by atoms with van der Waals surface area (Å²) in [5.41, 5.74) is 3.52. The molecule has 1 fully saturated rings. The molecule has 0 saturated carbocycles. The molecule has 6 heteroatoms. The van der Waals surface area contributed by atoms with E-state index >= 15 is 0 Å². The average Bonchev–Trinajstić information content (AvgIpc) is 3.55.